The second-order valence-electron chi connectivity index (χ2n) is 6.72. The van der Waals surface area contributed by atoms with E-state index in [9.17, 15) is 14.9 Å². The van der Waals surface area contributed by atoms with Crippen LogP contribution in [0.15, 0.2) is 64.9 Å². The third kappa shape index (κ3) is 4.71. The Morgan fingerprint density at radius 2 is 1.91 bits per heavy atom. The van der Waals surface area contributed by atoms with E-state index in [1.165, 1.54) is 0 Å². The zero-order valence-corrected chi connectivity index (χ0v) is 19.7. The normalized spacial score (nSPS) is 10.6. The van der Waals surface area contributed by atoms with E-state index in [1.54, 1.807) is 19.1 Å². The molecule has 9 heteroatoms. The van der Waals surface area contributed by atoms with Gasteiger partial charge in [-0.25, -0.2) is 9.78 Å². The topological polar surface area (TPSA) is 92.1 Å². The Balaban J connectivity index is 1.82. The lowest BCUT2D eigenvalue weighted by atomic mass is 10.0. The molecular formula is C24H16ClN3O3S2. The molecule has 0 radical (unpaired) electrons. The average Bonchev–Trinajstić information content (AvgIpc) is 3.17. The summed E-state index contributed by atoms with van der Waals surface area (Å²) in [5.41, 5.74) is 2.32. The van der Waals surface area contributed by atoms with Crippen LogP contribution in [-0.2, 0) is 4.74 Å². The number of rotatable bonds is 6. The van der Waals surface area contributed by atoms with Gasteiger partial charge in [-0.05, 0) is 24.6 Å². The number of benzene rings is 2. The fraction of sp³-hybridized carbons (Fsp3) is 0.0833. The summed E-state index contributed by atoms with van der Waals surface area (Å²) in [5, 5.41) is 15.3. The summed E-state index contributed by atoms with van der Waals surface area (Å²) in [6.07, 6.45) is 0. The monoisotopic (exact) mass is 493 g/mol. The Bertz CT molecular complexity index is 1400. The van der Waals surface area contributed by atoms with Gasteiger partial charge in [0.25, 0.3) is 5.91 Å². The molecular weight excluding hydrogens is 478 g/mol. The number of nitrogens with one attached hydrogen (secondary N) is 1. The van der Waals surface area contributed by atoms with Crippen LogP contribution in [0, 0.1) is 10.7 Å². The molecule has 0 bridgehead atoms. The lowest BCUT2D eigenvalue weighted by molar-refractivity contribution is 0.0529. The van der Waals surface area contributed by atoms with Crippen LogP contribution in [0.3, 0.4) is 0 Å². The second kappa shape index (κ2) is 10.0. The van der Waals surface area contributed by atoms with Crippen LogP contribution in [-0.4, -0.2) is 23.5 Å². The van der Waals surface area contributed by atoms with Crippen molar-refractivity contribution in [2.45, 2.75) is 11.1 Å². The molecule has 0 aliphatic heterocycles. The van der Waals surface area contributed by atoms with Gasteiger partial charge in [0, 0.05) is 22.7 Å². The molecule has 4 aromatic rings. The number of amides is 1. The van der Waals surface area contributed by atoms with Gasteiger partial charge in [-0.2, -0.15) is 5.26 Å². The molecule has 0 saturated carbocycles. The molecule has 0 unspecified atom stereocenters. The number of nitriles is 1. The number of fused-ring (bicyclic) bond motifs is 1. The van der Waals surface area contributed by atoms with Crippen molar-refractivity contribution in [3.63, 3.8) is 0 Å². The van der Waals surface area contributed by atoms with Gasteiger partial charge in [-0.15, -0.1) is 11.3 Å². The Kier molecular flexibility index (Phi) is 6.94. The summed E-state index contributed by atoms with van der Waals surface area (Å²) in [7, 11) is 0. The predicted molar refractivity (Wildman–Crippen MR) is 132 cm³/mol. The molecule has 0 saturated heterocycles. The van der Waals surface area contributed by atoms with Crippen molar-refractivity contribution in [1.82, 2.24) is 4.98 Å². The molecule has 2 aromatic heterocycles. The van der Waals surface area contributed by atoms with E-state index in [0.717, 1.165) is 34.0 Å². The summed E-state index contributed by atoms with van der Waals surface area (Å²) in [4.78, 5) is 30.4. The summed E-state index contributed by atoms with van der Waals surface area (Å²) < 4.78 is 5.85. The van der Waals surface area contributed by atoms with Gasteiger partial charge in [-0.1, -0.05) is 60.1 Å². The van der Waals surface area contributed by atoms with Crippen molar-refractivity contribution in [2.75, 3.05) is 11.9 Å². The molecule has 1 amide bonds. The maximum absolute atomic E-state index is 13.2. The highest BCUT2D eigenvalue weighted by atomic mass is 35.5. The van der Waals surface area contributed by atoms with Gasteiger partial charge in [0.15, 0.2) is 0 Å². The molecule has 33 heavy (non-hydrogen) atoms. The molecule has 6 nitrogen and oxygen atoms in total. The van der Waals surface area contributed by atoms with Crippen LogP contribution in [0.25, 0.3) is 22.0 Å². The first-order chi connectivity index (χ1) is 16.0. The first-order valence-corrected chi connectivity index (χ1v) is 11.9. The number of thioether (sulfide) groups is 1. The van der Waals surface area contributed by atoms with Gasteiger partial charge >= 0.3 is 5.97 Å². The minimum atomic E-state index is -0.588. The number of thiocyanates is 1. The van der Waals surface area contributed by atoms with Crippen LogP contribution >= 0.6 is 34.7 Å². The zero-order valence-electron chi connectivity index (χ0n) is 17.3. The minimum absolute atomic E-state index is 0.0512. The van der Waals surface area contributed by atoms with Crippen molar-refractivity contribution >= 4 is 62.5 Å². The predicted octanol–water partition coefficient (Wildman–Crippen LogP) is 6.62. The third-order valence-corrected chi connectivity index (χ3v) is 6.87. The van der Waals surface area contributed by atoms with E-state index in [2.05, 4.69) is 15.7 Å². The van der Waals surface area contributed by atoms with Crippen molar-refractivity contribution in [3.8, 4) is 16.5 Å². The lowest BCUT2D eigenvalue weighted by Gasteiger charge is -2.10. The highest BCUT2D eigenvalue weighted by Crippen LogP contribution is 2.46. The molecule has 4 rings (SSSR count). The molecule has 0 spiro atoms. The smallest absolute Gasteiger partial charge is 0.341 e. The van der Waals surface area contributed by atoms with E-state index in [4.69, 9.17) is 16.3 Å². The summed E-state index contributed by atoms with van der Waals surface area (Å²) in [5.74, 6) is -1.10. The molecule has 0 atom stereocenters. The van der Waals surface area contributed by atoms with Gasteiger partial charge < -0.3 is 10.1 Å². The number of hydrogen-bond donors (Lipinski definition) is 1. The molecule has 1 N–H and O–H groups in total. The van der Waals surface area contributed by atoms with Gasteiger partial charge in [0.1, 0.15) is 21.1 Å². The number of para-hydroxylation sites is 1. The molecule has 0 fully saturated rings. The fourth-order valence-electron chi connectivity index (χ4n) is 3.30. The lowest BCUT2D eigenvalue weighted by Crippen LogP contribution is -2.15. The number of esters is 1. The Hall–Kier alpha value is -3.38. The van der Waals surface area contributed by atoms with Crippen molar-refractivity contribution in [2.24, 2.45) is 0 Å². The van der Waals surface area contributed by atoms with Crippen LogP contribution in [0.4, 0.5) is 5.00 Å². The van der Waals surface area contributed by atoms with Crippen LogP contribution < -0.4 is 5.32 Å². The van der Waals surface area contributed by atoms with E-state index < -0.39 is 11.9 Å². The second-order valence-corrected chi connectivity index (χ2v) is 9.15. The number of hydrogen-bond acceptors (Lipinski definition) is 7. The highest BCUT2D eigenvalue weighted by Gasteiger charge is 2.28. The number of anilines is 1. The van der Waals surface area contributed by atoms with Gasteiger partial charge in [0.05, 0.1) is 21.9 Å². The minimum Gasteiger partial charge on any atom is -0.462 e. The van der Waals surface area contributed by atoms with Gasteiger partial charge in [0.2, 0.25) is 0 Å². The average molecular weight is 494 g/mol. The number of carbonyl (C=O) groups excluding carboxylic acids is 2. The summed E-state index contributed by atoms with van der Waals surface area (Å²) >= 11 is 8.35. The van der Waals surface area contributed by atoms with E-state index >= 15 is 0 Å². The number of ether oxygens (including phenoxy) is 1. The first kappa shape index (κ1) is 22.8. The van der Waals surface area contributed by atoms with Crippen LogP contribution in [0.5, 0.6) is 0 Å². The maximum Gasteiger partial charge on any atom is 0.341 e. The zero-order chi connectivity index (χ0) is 23.4. The molecule has 2 aromatic carbocycles. The van der Waals surface area contributed by atoms with E-state index in [0.29, 0.717) is 15.3 Å². The number of nitrogens with zero attached hydrogens (tertiary/aromatic N) is 2. The standard InChI is InChI=1S/C24H16ClN3O3S2/c1-2-31-23(30)19-18(14-8-4-3-5-9-14)24(32-13-26)33-22(19)28-21(29)16-12-15-10-6-7-11-17(15)27-20(16)25/h3-12H,2H2,1H3,(H,28,29). The van der Waals surface area contributed by atoms with E-state index in [-0.39, 0.29) is 27.9 Å². The number of carbonyl (C=O) groups is 2. The third-order valence-electron chi connectivity index (χ3n) is 4.71. The van der Waals surface area contributed by atoms with Crippen LogP contribution in [0.1, 0.15) is 27.6 Å². The number of aromatic nitrogens is 1. The molecule has 0 aliphatic rings. The largest absolute Gasteiger partial charge is 0.462 e. The Morgan fingerprint density at radius 1 is 1.18 bits per heavy atom. The van der Waals surface area contributed by atoms with Crippen molar-refractivity contribution in [3.05, 3.63) is 76.9 Å². The molecule has 164 valence electrons. The summed E-state index contributed by atoms with van der Waals surface area (Å²) in [6, 6.07) is 18.2. The Morgan fingerprint density at radius 3 is 2.64 bits per heavy atom. The quantitative estimate of drug-likeness (QED) is 0.140. The number of pyridine rings is 1. The van der Waals surface area contributed by atoms with Crippen molar-refractivity contribution in [1.29, 1.82) is 5.26 Å². The molecule has 0 aliphatic carbocycles. The molecule has 2 heterocycles. The fourth-order valence-corrected chi connectivity index (χ4v) is 5.40. The summed E-state index contributed by atoms with van der Waals surface area (Å²) in [6.45, 7) is 1.87. The van der Waals surface area contributed by atoms with Gasteiger partial charge in [-0.3, -0.25) is 4.79 Å². The van der Waals surface area contributed by atoms with E-state index in [1.807, 2.05) is 48.5 Å². The highest BCUT2D eigenvalue weighted by molar-refractivity contribution is 8.05. The SMILES string of the molecule is CCOC(=O)c1c(NC(=O)c2cc3ccccc3nc2Cl)sc(SC#N)c1-c1ccccc1. The number of thiophene rings is 1. The first-order valence-electron chi connectivity index (χ1n) is 9.85. The van der Waals surface area contributed by atoms with Crippen LogP contribution in [0.2, 0.25) is 5.15 Å². The number of halogens is 1. The maximum atomic E-state index is 13.2. The Labute approximate surface area is 203 Å². The van der Waals surface area contributed by atoms with Crippen molar-refractivity contribution < 1.29 is 14.3 Å².